The molecule has 13 heteroatoms. The number of carbonyl (C=O) groups is 1. The molecule has 2 heterocycles. The second-order valence-electron chi connectivity index (χ2n) is 5.85. The van der Waals surface area contributed by atoms with E-state index in [0.29, 0.717) is 11.5 Å². The molecule has 3 rings (SSSR count). The number of aromatic nitrogens is 3. The predicted molar refractivity (Wildman–Crippen MR) is 105 cm³/mol. The van der Waals surface area contributed by atoms with Gasteiger partial charge in [-0.2, -0.15) is 0 Å². The van der Waals surface area contributed by atoms with Crippen LogP contribution in [0.1, 0.15) is 16.1 Å². The Kier molecular flexibility index (Phi) is 5.72. The number of hydrogen-bond acceptors (Lipinski definition) is 10. The van der Waals surface area contributed by atoms with Crippen LogP contribution in [0, 0.1) is 27.2 Å². The van der Waals surface area contributed by atoms with Crippen LogP contribution in [0.3, 0.4) is 0 Å². The molecule has 0 atom stereocenters. The number of hydrogen-bond donors (Lipinski definition) is 3. The van der Waals surface area contributed by atoms with Crippen molar-refractivity contribution in [3.63, 3.8) is 0 Å². The first-order chi connectivity index (χ1) is 14.3. The highest BCUT2D eigenvalue weighted by atomic mass is 16.6. The number of aryl methyl sites for hydroxylation is 1. The van der Waals surface area contributed by atoms with Gasteiger partial charge in [0.1, 0.15) is 12.1 Å². The van der Waals surface area contributed by atoms with Gasteiger partial charge in [-0.1, -0.05) is 6.07 Å². The van der Waals surface area contributed by atoms with E-state index in [9.17, 15) is 25.0 Å². The third-order valence-electron chi connectivity index (χ3n) is 3.77. The van der Waals surface area contributed by atoms with E-state index in [4.69, 9.17) is 0 Å². The summed E-state index contributed by atoms with van der Waals surface area (Å²) in [6, 6.07) is 9.93. The van der Waals surface area contributed by atoms with Crippen molar-refractivity contribution in [2.75, 3.05) is 10.7 Å². The van der Waals surface area contributed by atoms with Crippen molar-refractivity contribution in [1.82, 2.24) is 20.4 Å². The zero-order valence-corrected chi connectivity index (χ0v) is 15.4. The fraction of sp³-hybridized carbons (Fsp3) is 0.0588. The second-order valence-corrected chi connectivity index (χ2v) is 5.85. The predicted octanol–water partition coefficient (Wildman–Crippen LogP) is 2.50. The van der Waals surface area contributed by atoms with Crippen molar-refractivity contribution in [2.45, 2.75) is 6.92 Å². The van der Waals surface area contributed by atoms with E-state index < -0.39 is 21.4 Å². The number of amides is 1. The van der Waals surface area contributed by atoms with Crippen molar-refractivity contribution >= 4 is 34.7 Å². The summed E-state index contributed by atoms with van der Waals surface area (Å²) in [6.07, 6.45) is 1.07. The number of pyridine rings is 1. The smallest absolute Gasteiger partial charge is 0.319 e. The molecule has 0 fully saturated rings. The fourth-order valence-electron chi connectivity index (χ4n) is 2.39. The number of nitro benzene ring substituents is 1. The summed E-state index contributed by atoms with van der Waals surface area (Å²) in [5, 5.41) is 25.0. The lowest BCUT2D eigenvalue weighted by Gasteiger charge is -2.11. The Morgan fingerprint density at radius 1 is 0.967 bits per heavy atom. The molecule has 2 aromatic heterocycles. The Morgan fingerprint density at radius 3 is 2.30 bits per heavy atom. The first kappa shape index (κ1) is 20.1. The van der Waals surface area contributed by atoms with Gasteiger partial charge < -0.3 is 5.32 Å². The van der Waals surface area contributed by atoms with Crippen molar-refractivity contribution < 1.29 is 14.6 Å². The Balaban J connectivity index is 1.79. The highest BCUT2D eigenvalue weighted by Gasteiger charge is 2.24. The van der Waals surface area contributed by atoms with E-state index in [1.807, 2.05) is 0 Å². The number of carbonyl (C=O) groups excluding carboxylic acids is 1. The van der Waals surface area contributed by atoms with Crippen LogP contribution in [-0.4, -0.2) is 30.7 Å². The molecule has 1 aromatic carbocycles. The molecule has 0 saturated carbocycles. The van der Waals surface area contributed by atoms with Crippen LogP contribution >= 0.6 is 0 Å². The van der Waals surface area contributed by atoms with Crippen molar-refractivity contribution in [3.8, 4) is 0 Å². The standard InChI is InChI=1S/C17H14N8O5/c1-10-3-2-4-13(20-10)21-15-14(25(29)30)16(19-9-18-15)22-23-17(26)11-5-7-12(8-6-11)24(27)28/h2-9H,1H3,(H,23,26)(H2,18,19,20,21,22). The molecular weight excluding hydrogens is 396 g/mol. The van der Waals surface area contributed by atoms with Gasteiger partial charge in [0.25, 0.3) is 11.6 Å². The van der Waals surface area contributed by atoms with E-state index in [0.717, 1.165) is 6.33 Å². The van der Waals surface area contributed by atoms with Crippen molar-refractivity contribution in [3.05, 3.63) is 80.3 Å². The first-order valence-corrected chi connectivity index (χ1v) is 8.36. The molecule has 0 saturated heterocycles. The second kappa shape index (κ2) is 8.55. The largest absolute Gasteiger partial charge is 0.355 e. The van der Waals surface area contributed by atoms with E-state index in [2.05, 4.69) is 31.1 Å². The molecule has 3 aromatic rings. The molecule has 152 valence electrons. The summed E-state index contributed by atoms with van der Waals surface area (Å²) in [4.78, 5) is 45.0. The number of hydrazine groups is 1. The minimum absolute atomic E-state index is 0.104. The van der Waals surface area contributed by atoms with E-state index in [1.165, 1.54) is 24.3 Å². The van der Waals surface area contributed by atoms with Gasteiger partial charge in [-0.05, 0) is 31.2 Å². The Labute approximate surface area is 168 Å². The maximum atomic E-state index is 12.2. The topological polar surface area (TPSA) is 178 Å². The molecule has 1 amide bonds. The third-order valence-corrected chi connectivity index (χ3v) is 3.77. The number of nitrogens with one attached hydrogen (secondary N) is 3. The fourth-order valence-corrected chi connectivity index (χ4v) is 2.39. The highest BCUT2D eigenvalue weighted by molar-refractivity contribution is 5.95. The number of anilines is 3. The third kappa shape index (κ3) is 4.59. The zero-order chi connectivity index (χ0) is 21.7. The van der Waals surface area contributed by atoms with Crippen molar-refractivity contribution in [1.29, 1.82) is 0 Å². The van der Waals surface area contributed by atoms with Crippen LogP contribution in [0.5, 0.6) is 0 Å². The van der Waals surface area contributed by atoms with E-state index in [1.54, 1.807) is 25.1 Å². The average molecular weight is 410 g/mol. The SMILES string of the molecule is Cc1cccc(Nc2ncnc(NNC(=O)c3ccc([N+](=O)[O-])cc3)c2[N+](=O)[O-])n1. The lowest BCUT2D eigenvalue weighted by molar-refractivity contribution is -0.384. The summed E-state index contributed by atoms with van der Waals surface area (Å²) >= 11 is 0. The Bertz CT molecular complexity index is 1120. The monoisotopic (exact) mass is 410 g/mol. The molecule has 0 bridgehead atoms. The number of non-ortho nitro benzene ring substituents is 1. The maximum absolute atomic E-state index is 12.2. The minimum Gasteiger partial charge on any atom is -0.319 e. The van der Waals surface area contributed by atoms with Crippen LogP contribution in [0.25, 0.3) is 0 Å². The first-order valence-electron chi connectivity index (χ1n) is 8.36. The molecule has 0 radical (unpaired) electrons. The van der Waals surface area contributed by atoms with Gasteiger partial charge in [-0.3, -0.25) is 35.9 Å². The molecule has 0 spiro atoms. The number of rotatable bonds is 7. The van der Waals surface area contributed by atoms with Crippen LogP contribution < -0.4 is 16.2 Å². The van der Waals surface area contributed by atoms with Crippen LogP contribution in [0.15, 0.2) is 48.8 Å². The molecule has 0 unspecified atom stereocenters. The summed E-state index contributed by atoms with van der Waals surface area (Å²) in [7, 11) is 0. The maximum Gasteiger partial charge on any atom is 0.355 e. The van der Waals surface area contributed by atoms with Crippen LogP contribution in [0.2, 0.25) is 0 Å². The molecule has 0 aliphatic carbocycles. The lowest BCUT2D eigenvalue weighted by Crippen LogP contribution is -2.30. The van der Waals surface area contributed by atoms with Gasteiger partial charge in [-0.25, -0.2) is 15.0 Å². The summed E-state index contributed by atoms with van der Waals surface area (Å²) in [5.74, 6) is -0.717. The number of benzene rings is 1. The lowest BCUT2D eigenvalue weighted by atomic mass is 10.2. The molecule has 3 N–H and O–H groups in total. The highest BCUT2D eigenvalue weighted by Crippen LogP contribution is 2.30. The van der Waals surface area contributed by atoms with Gasteiger partial charge in [0.2, 0.25) is 11.6 Å². The van der Waals surface area contributed by atoms with Gasteiger partial charge in [0, 0.05) is 23.4 Å². The van der Waals surface area contributed by atoms with Crippen LogP contribution in [0.4, 0.5) is 28.8 Å². The molecular formula is C17H14N8O5. The normalized spacial score (nSPS) is 10.2. The van der Waals surface area contributed by atoms with Gasteiger partial charge in [0.15, 0.2) is 0 Å². The molecule has 13 nitrogen and oxygen atoms in total. The number of nitro groups is 2. The van der Waals surface area contributed by atoms with Crippen LogP contribution in [-0.2, 0) is 0 Å². The zero-order valence-electron chi connectivity index (χ0n) is 15.4. The molecule has 0 aliphatic rings. The van der Waals surface area contributed by atoms with E-state index >= 15 is 0 Å². The van der Waals surface area contributed by atoms with E-state index in [-0.39, 0.29) is 22.9 Å². The minimum atomic E-state index is -0.710. The Hall–Kier alpha value is -4.68. The summed E-state index contributed by atoms with van der Waals surface area (Å²) in [5.41, 5.74) is 4.76. The summed E-state index contributed by atoms with van der Waals surface area (Å²) in [6.45, 7) is 1.76. The van der Waals surface area contributed by atoms with Crippen molar-refractivity contribution in [2.24, 2.45) is 0 Å². The van der Waals surface area contributed by atoms with Gasteiger partial charge in [0.05, 0.1) is 9.85 Å². The quantitative estimate of drug-likeness (QED) is 0.387. The average Bonchev–Trinajstić information content (AvgIpc) is 2.72. The molecule has 30 heavy (non-hydrogen) atoms. The Morgan fingerprint density at radius 2 is 1.67 bits per heavy atom. The number of nitrogens with zero attached hydrogens (tertiary/aromatic N) is 5. The molecule has 0 aliphatic heterocycles. The van der Waals surface area contributed by atoms with Gasteiger partial charge >= 0.3 is 5.69 Å². The van der Waals surface area contributed by atoms with Gasteiger partial charge in [-0.15, -0.1) is 0 Å². The summed E-state index contributed by atoms with van der Waals surface area (Å²) < 4.78 is 0.